The zero-order valence-electron chi connectivity index (χ0n) is 11.0. The van der Waals surface area contributed by atoms with Crippen LogP contribution in [0.4, 0.5) is 5.69 Å². The quantitative estimate of drug-likeness (QED) is 0.614. The van der Waals surface area contributed by atoms with Crippen LogP contribution in [-0.4, -0.2) is 14.3 Å². The van der Waals surface area contributed by atoms with Crippen molar-refractivity contribution >= 4 is 44.3 Å². The average Bonchev–Trinajstić information content (AvgIpc) is 2.38. The predicted octanol–water partition coefficient (Wildman–Crippen LogP) is 3.02. The zero-order valence-corrected chi connectivity index (χ0v) is 14.0. The lowest BCUT2D eigenvalue weighted by Gasteiger charge is -2.08. The summed E-state index contributed by atoms with van der Waals surface area (Å²) in [6, 6.07) is 12.5. The lowest BCUT2D eigenvalue weighted by atomic mass is 10.3. The van der Waals surface area contributed by atoms with E-state index in [-0.39, 0.29) is 16.6 Å². The molecule has 0 spiro atoms. The van der Waals surface area contributed by atoms with Gasteiger partial charge < -0.3 is 9.50 Å². The predicted molar refractivity (Wildman–Crippen MR) is 87.7 cm³/mol. The van der Waals surface area contributed by atoms with Crippen molar-refractivity contribution in [1.29, 1.82) is 0 Å². The van der Waals surface area contributed by atoms with E-state index in [0.717, 1.165) is 3.57 Å². The third-order valence-electron chi connectivity index (χ3n) is 2.47. The first-order valence-electron chi connectivity index (χ1n) is 5.94. The Bertz CT molecular complexity index is 757. The number of benzene rings is 2. The summed E-state index contributed by atoms with van der Waals surface area (Å²) in [5.74, 6) is 0.0357. The Morgan fingerprint density at radius 2 is 1.81 bits per heavy atom. The van der Waals surface area contributed by atoms with Gasteiger partial charge in [-0.15, -0.1) is 0 Å². The smallest absolute Gasteiger partial charge is 0.339 e. The molecule has 0 aromatic heterocycles. The van der Waals surface area contributed by atoms with Crippen LogP contribution < -0.4 is 9.50 Å². The Morgan fingerprint density at radius 1 is 1.14 bits per heavy atom. The van der Waals surface area contributed by atoms with E-state index in [4.69, 9.17) is 4.18 Å². The Hall–Kier alpha value is -1.61. The van der Waals surface area contributed by atoms with Crippen molar-refractivity contribution in [2.75, 3.05) is 5.32 Å². The van der Waals surface area contributed by atoms with E-state index in [1.54, 1.807) is 18.2 Å². The minimum atomic E-state index is -3.89. The Morgan fingerprint density at radius 3 is 2.38 bits per heavy atom. The molecule has 7 heteroatoms. The fourth-order valence-corrected chi connectivity index (χ4v) is 3.04. The van der Waals surface area contributed by atoms with Gasteiger partial charge in [0.25, 0.3) is 0 Å². The van der Waals surface area contributed by atoms with Gasteiger partial charge in [-0.25, -0.2) is 0 Å². The van der Waals surface area contributed by atoms with E-state index in [0.29, 0.717) is 5.69 Å². The molecule has 5 nitrogen and oxygen atoms in total. The average molecular weight is 417 g/mol. The number of hydrogen-bond acceptors (Lipinski definition) is 4. The molecule has 0 unspecified atom stereocenters. The van der Waals surface area contributed by atoms with Crippen LogP contribution >= 0.6 is 22.6 Å². The standard InChI is InChI=1S/C14H12INO4S/c1-10(17)16-12-5-7-14(8-6-12)21(18,19)20-13-4-2-3-11(15)9-13/h2-9H,1H3,(H,16,17). The monoisotopic (exact) mass is 417 g/mol. The summed E-state index contributed by atoms with van der Waals surface area (Å²) in [4.78, 5) is 10.9. The van der Waals surface area contributed by atoms with Gasteiger partial charge in [0, 0.05) is 16.2 Å². The van der Waals surface area contributed by atoms with Crippen molar-refractivity contribution in [1.82, 2.24) is 0 Å². The third kappa shape index (κ3) is 4.43. The molecule has 0 saturated carbocycles. The topological polar surface area (TPSA) is 72.5 Å². The molecule has 2 rings (SSSR count). The number of carbonyl (C=O) groups is 1. The highest BCUT2D eigenvalue weighted by Gasteiger charge is 2.16. The highest BCUT2D eigenvalue weighted by atomic mass is 127. The van der Waals surface area contributed by atoms with Gasteiger partial charge in [0.15, 0.2) is 0 Å². The summed E-state index contributed by atoms with van der Waals surface area (Å²) in [5.41, 5.74) is 0.524. The van der Waals surface area contributed by atoms with Crippen molar-refractivity contribution in [2.24, 2.45) is 0 Å². The van der Waals surface area contributed by atoms with Gasteiger partial charge in [0.05, 0.1) is 0 Å². The summed E-state index contributed by atoms with van der Waals surface area (Å²) in [7, 11) is -3.89. The second-order valence-electron chi connectivity index (χ2n) is 4.20. The minimum Gasteiger partial charge on any atom is -0.379 e. The SMILES string of the molecule is CC(=O)Nc1ccc(S(=O)(=O)Oc2cccc(I)c2)cc1. The molecule has 0 aliphatic heterocycles. The van der Waals surface area contributed by atoms with Crippen LogP contribution in [0.15, 0.2) is 53.4 Å². The maximum Gasteiger partial charge on any atom is 0.339 e. The lowest BCUT2D eigenvalue weighted by Crippen LogP contribution is -2.10. The summed E-state index contributed by atoms with van der Waals surface area (Å²) in [5, 5.41) is 2.57. The number of carbonyl (C=O) groups excluding carboxylic acids is 1. The van der Waals surface area contributed by atoms with Crippen molar-refractivity contribution in [3.05, 3.63) is 52.1 Å². The largest absolute Gasteiger partial charge is 0.379 e. The molecule has 0 bridgehead atoms. The molecule has 0 fully saturated rings. The first kappa shape index (κ1) is 15.8. The Balaban J connectivity index is 2.21. The second-order valence-corrected chi connectivity index (χ2v) is 6.99. The molecule has 0 heterocycles. The molecule has 0 saturated heterocycles. The van der Waals surface area contributed by atoms with Crippen molar-refractivity contribution in [3.8, 4) is 5.75 Å². The summed E-state index contributed by atoms with van der Waals surface area (Å²) >= 11 is 2.07. The van der Waals surface area contributed by atoms with Gasteiger partial charge >= 0.3 is 10.1 Å². The van der Waals surface area contributed by atoms with Crippen LogP contribution in [0.25, 0.3) is 0 Å². The van der Waals surface area contributed by atoms with Crippen LogP contribution in [0.1, 0.15) is 6.92 Å². The highest BCUT2D eigenvalue weighted by molar-refractivity contribution is 14.1. The first-order chi connectivity index (χ1) is 9.87. The molecule has 0 radical (unpaired) electrons. The number of hydrogen-bond donors (Lipinski definition) is 1. The van der Waals surface area contributed by atoms with Crippen molar-refractivity contribution in [2.45, 2.75) is 11.8 Å². The molecule has 0 atom stereocenters. The maximum atomic E-state index is 12.1. The molecule has 2 aromatic rings. The van der Waals surface area contributed by atoms with E-state index in [2.05, 4.69) is 27.9 Å². The Kier molecular flexibility index (Phi) is 4.84. The fraction of sp³-hybridized carbons (Fsp3) is 0.0714. The van der Waals surface area contributed by atoms with Crippen LogP contribution in [0.3, 0.4) is 0 Å². The number of halogens is 1. The van der Waals surface area contributed by atoms with Crippen LogP contribution in [0.5, 0.6) is 5.75 Å². The van der Waals surface area contributed by atoms with Gasteiger partial charge in [-0.05, 0) is 65.1 Å². The molecule has 0 aliphatic carbocycles. The van der Waals surface area contributed by atoms with E-state index >= 15 is 0 Å². The molecule has 21 heavy (non-hydrogen) atoms. The van der Waals surface area contributed by atoms with Crippen LogP contribution in [0, 0.1) is 3.57 Å². The van der Waals surface area contributed by atoms with E-state index in [9.17, 15) is 13.2 Å². The molecule has 0 aliphatic rings. The Labute approximate surface area is 136 Å². The first-order valence-corrected chi connectivity index (χ1v) is 8.43. The van der Waals surface area contributed by atoms with Crippen LogP contribution in [0.2, 0.25) is 0 Å². The van der Waals surface area contributed by atoms with Gasteiger partial charge in [-0.3, -0.25) is 4.79 Å². The zero-order chi connectivity index (χ0) is 15.5. The van der Waals surface area contributed by atoms with Gasteiger partial charge in [-0.1, -0.05) is 6.07 Å². The summed E-state index contributed by atoms with van der Waals surface area (Å²) < 4.78 is 30.2. The van der Waals surface area contributed by atoms with Crippen LogP contribution in [-0.2, 0) is 14.9 Å². The number of anilines is 1. The molecule has 1 amide bonds. The van der Waals surface area contributed by atoms with Gasteiger partial charge in [-0.2, -0.15) is 8.42 Å². The molecular weight excluding hydrogens is 405 g/mol. The number of amides is 1. The normalized spacial score (nSPS) is 11.0. The number of rotatable bonds is 4. The molecular formula is C14H12INO4S. The van der Waals surface area contributed by atoms with Gasteiger partial charge in [0.1, 0.15) is 10.6 Å². The molecule has 1 N–H and O–H groups in total. The third-order valence-corrected chi connectivity index (χ3v) is 4.40. The number of nitrogens with one attached hydrogen (secondary N) is 1. The van der Waals surface area contributed by atoms with Crippen molar-refractivity contribution < 1.29 is 17.4 Å². The molecule has 110 valence electrons. The summed E-state index contributed by atoms with van der Waals surface area (Å²) in [6.07, 6.45) is 0. The molecule has 2 aromatic carbocycles. The lowest BCUT2D eigenvalue weighted by molar-refractivity contribution is -0.114. The van der Waals surface area contributed by atoms with E-state index < -0.39 is 10.1 Å². The van der Waals surface area contributed by atoms with Crippen molar-refractivity contribution in [3.63, 3.8) is 0 Å². The second kappa shape index (κ2) is 6.44. The minimum absolute atomic E-state index is 0.0236. The van der Waals surface area contributed by atoms with E-state index in [1.807, 2.05) is 6.07 Å². The maximum absolute atomic E-state index is 12.1. The van der Waals surface area contributed by atoms with Gasteiger partial charge in [0.2, 0.25) is 5.91 Å². The summed E-state index contributed by atoms with van der Waals surface area (Å²) in [6.45, 7) is 1.38. The fourth-order valence-electron chi connectivity index (χ4n) is 1.60. The van der Waals surface area contributed by atoms with E-state index in [1.165, 1.54) is 31.2 Å². The highest BCUT2D eigenvalue weighted by Crippen LogP contribution is 2.21.